The third kappa shape index (κ3) is 5.26. The van der Waals surface area contributed by atoms with E-state index in [4.69, 9.17) is 18.9 Å². The summed E-state index contributed by atoms with van der Waals surface area (Å²) in [5.41, 5.74) is 0.595. The van der Waals surface area contributed by atoms with E-state index in [9.17, 15) is 35.4 Å². The molecule has 0 aromatic carbocycles. The summed E-state index contributed by atoms with van der Waals surface area (Å²) in [4.78, 5) is 12.2. The molecule has 3 rings (SSSR count). The maximum atomic E-state index is 12.2. The van der Waals surface area contributed by atoms with Crippen molar-refractivity contribution in [3.63, 3.8) is 0 Å². The summed E-state index contributed by atoms with van der Waals surface area (Å²) in [5.74, 6) is -1.71. The van der Waals surface area contributed by atoms with E-state index in [1.807, 2.05) is 13.8 Å². The average Bonchev–Trinajstić information content (AvgIpc) is 3.08. The second-order valence-electron chi connectivity index (χ2n) is 9.13. The van der Waals surface area contributed by atoms with Gasteiger partial charge in [-0.1, -0.05) is 13.8 Å². The van der Waals surface area contributed by atoms with Gasteiger partial charge in [-0.3, -0.25) is 4.79 Å². The quantitative estimate of drug-likeness (QED) is 0.225. The van der Waals surface area contributed by atoms with Crippen molar-refractivity contribution in [3.8, 4) is 0 Å². The van der Waals surface area contributed by atoms with E-state index < -0.39 is 67.5 Å². The van der Waals surface area contributed by atoms with Gasteiger partial charge in [-0.15, -0.1) is 0 Å². The van der Waals surface area contributed by atoms with Crippen molar-refractivity contribution < 1.29 is 54.4 Å². The first-order valence-electron chi connectivity index (χ1n) is 10.9. The molecule has 11 heteroatoms. The number of carbonyl (C=O) groups is 1. The number of ether oxygens (including phenoxy) is 4. The van der Waals surface area contributed by atoms with Crippen LogP contribution in [0, 0.1) is 23.7 Å². The third-order valence-corrected chi connectivity index (χ3v) is 6.39. The molecule has 2 fully saturated rings. The van der Waals surface area contributed by atoms with Crippen LogP contribution in [0.25, 0.3) is 0 Å². The first-order chi connectivity index (χ1) is 15.2. The lowest BCUT2D eigenvalue weighted by atomic mass is 9.83. The topological polar surface area (TPSA) is 175 Å². The zero-order chi connectivity index (χ0) is 23.6. The summed E-state index contributed by atoms with van der Waals surface area (Å²) in [7, 11) is 0. The number of carbonyl (C=O) groups excluding carboxylic acids is 1. The Balaban J connectivity index is 1.70. The van der Waals surface area contributed by atoms with Gasteiger partial charge in [0.15, 0.2) is 6.29 Å². The van der Waals surface area contributed by atoms with Crippen LogP contribution < -0.4 is 0 Å². The highest BCUT2D eigenvalue weighted by Crippen LogP contribution is 2.47. The smallest absolute Gasteiger partial charge is 0.309 e. The molecular weight excluding hydrogens is 428 g/mol. The third-order valence-electron chi connectivity index (χ3n) is 6.39. The van der Waals surface area contributed by atoms with E-state index in [-0.39, 0.29) is 31.5 Å². The Morgan fingerprint density at radius 1 is 1.09 bits per heavy atom. The Hall–Kier alpha value is -1.31. The monoisotopic (exact) mass is 462 g/mol. The van der Waals surface area contributed by atoms with Gasteiger partial charge in [0.1, 0.15) is 24.4 Å². The van der Waals surface area contributed by atoms with Gasteiger partial charge < -0.3 is 49.6 Å². The number of hydrogen-bond acceptors (Lipinski definition) is 11. The van der Waals surface area contributed by atoms with Crippen molar-refractivity contribution in [2.75, 3.05) is 19.8 Å². The molecule has 0 bridgehead atoms. The molecule has 1 saturated heterocycles. The van der Waals surface area contributed by atoms with Crippen LogP contribution in [0.1, 0.15) is 26.7 Å². The summed E-state index contributed by atoms with van der Waals surface area (Å²) in [6.45, 7) is 2.77. The minimum Gasteiger partial charge on any atom is -0.462 e. The number of hydrogen-bond donors (Lipinski definition) is 6. The van der Waals surface area contributed by atoms with Crippen LogP contribution in [-0.2, 0) is 23.7 Å². The lowest BCUT2D eigenvalue weighted by Gasteiger charge is -2.40. The molecule has 2 heterocycles. The summed E-state index contributed by atoms with van der Waals surface area (Å²) < 4.78 is 22.1. The maximum Gasteiger partial charge on any atom is 0.309 e. The standard InChI is InChI=1S/C21H34O11/c1-9(2)3-15(25)32-20-16-11(4-13(24)12(16)5-22)10(7-29-20)8-30-21-19(28)18(27)17(26)14(6-23)31-21/h7,9,11-14,16-24,26-28H,3-6,8H2,1-2H3/t11-,12-,13+,14-,16+,17-,18+,19-,20+,21+/m1/s1. The number of fused-ring (bicyclic) bond motifs is 1. The minimum absolute atomic E-state index is 0.0998. The van der Waals surface area contributed by atoms with E-state index >= 15 is 0 Å². The van der Waals surface area contributed by atoms with Crippen LogP contribution in [0.5, 0.6) is 0 Å². The van der Waals surface area contributed by atoms with Crippen LogP contribution in [0.15, 0.2) is 11.8 Å². The molecule has 1 saturated carbocycles. The molecule has 32 heavy (non-hydrogen) atoms. The number of aliphatic hydroxyl groups excluding tert-OH is 6. The molecule has 6 N–H and O–H groups in total. The molecule has 0 radical (unpaired) electrons. The summed E-state index contributed by atoms with van der Waals surface area (Å²) >= 11 is 0. The van der Waals surface area contributed by atoms with E-state index in [1.54, 1.807) is 0 Å². The lowest BCUT2D eigenvalue weighted by molar-refractivity contribution is -0.299. The molecule has 3 aliphatic rings. The highest BCUT2D eigenvalue weighted by atomic mass is 16.7. The number of rotatable bonds is 8. The second-order valence-corrected chi connectivity index (χ2v) is 9.13. The van der Waals surface area contributed by atoms with Gasteiger partial charge in [-0.05, 0) is 23.8 Å². The summed E-state index contributed by atoms with van der Waals surface area (Å²) in [6, 6.07) is 0. The fourth-order valence-corrected chi connectivity index (χ4v) is 4.65. The van der Waals surface area contributed by atoms with Gasteiger partial charge >= 0.3 is 5.97 Å². The molecule has 10 atom stereocenters. The minimum atomic E-state index is -1.56. The molecular formula is C21H34O11. The SMILES string of the molecule is CC(C)CC(=O)O[C@@H]1OC=C(CO[C@H]2O[C@H](CO)[C@@H](O)[C@H](O)[C@H]2O)[C@H]2C[C@H](O)[C@@H](CO)[C@@H]12. The van der Waals surface area contributed by atoms with Crippen molar-refractivity contribution in [2.45, 2.75) is 69.8 Å². The fraction of sp³-hybridized carbons (Fsp3) is 0.857. The van der Waals surface area contributed by atoms with Crippen molar-refractivity contribution >= 4 is 5.97 Å². The Kier molecular flexibility index (Phi) is 8.50. The highest BCUT2D eigenvalue weighted by Gasteiger charge is 2.52. The van der Waals surface area contributed by atoms with Gasteiger partial charge in [0.2, 0.25) is 6.29 Å². The van der Waals surface area contributed by atoms with Crippen molar-refractivity contribution in [1.29, 1.82) is 0 Å². The largest absolute Gasteiger partial charge is 0.462 e. The van der Waals surface area contributed by atoms with Crippen molar-refractivity contribution in [3.05, 3.63) is 11.8 Å². The number of aliphatic hydroxyl groups is 6. The molecule has 1 aliphatic carbocycles. The predicted molar refractivity (Wildman–Crippen MR) is 106 cm³/mol. The normalized spacial score (nSPS) is 41.7. The van der Waals surface area contributed by atoms with Gasteiger partial charge in [0, 0.05) is 24.9 Å². The fourth-order valence-electron chi connectivity index (χ4n) is 4.65. The Morgan fingerprint density at radius 3 is 2.44 bits per heavy atom. The van der Waals surface area contributed by atoms with E-state index in [0.29, 0.717) is 12.0 Å². The van der Waals surface area contributed by atoms with Gasteiger partial charge in [0.25, 0.3) is 0 Å². The van der Waals surface area contributed by atoms with E-state index in [2.05, 4.69) is 0 Å². The Labute approximate surface area is 186 Å². The maximum absolute atomic E-state index is 12.2. The van der Waals surface area contributed by atoms with E-state index in [0.717, 1.165) is 0 Å². The van der Waals surface area contributed by atoms with Crippen LogP contribution in [0.3, 0.4) is 0 Å². The first kappa shape index (κ1) is 25.3. The number of esters is 1. The zero-order valence-electron chi connectivity index (χ0n) is 18.2. The van der Waals surface area contributed by atoms with E-state index in [1.165, 1.54) is 6.26 Å². The average molecular weight is 462 g/mol. The van der Waals surface area contributed by atoms with Crippen LogP contribution in [0.4, 0.5) is 0 Å². The molecule has 0 amide bonds. The zero-order valence-corrected chi connectivity index (χ0v) is 18.2. The van der Waals surface area contributed by atoms with Gasteiger partial charge in [0.05, 0.1) is 25.6 Å². The molecule has 0 aromatic heterocycles. The molecule has 184 valence electrons. The molecule has 11 nitrogen and oxygen atoms in total. The molecule has 2 aliphatic heterocycles. The Bertz CT molecular complexity index is 666. The van der Waals surface area contributed by atoms with Crippen LogP contribution in [-0.4, -0.2) is 99.5 Å². The molecule has 0 unspecified atom stereocenters. The van der Waals surface area contributed by atoms with Crippen molar-refractivity contribution in [2.24, 2.45) is 23.7 Å². The second kappa shape index (κ2) is 10.7. The summed E-state index contributed by atoms with van der Waals surface area (Å²) in [5, 5.41) is 59.5. The Morgan fingerprint density at radius 2 is 1.81 bits per heavy atom. The lowest BCUT2D eigenvalue weighted by Crippen LogP contribution is -2.59. The van der Waals surface area contributed by atoms with Gasteiger partial charge in [-0.25, -0.2) is 0 Å². The van der Waals surface area contributed by atoms with Gasteiger partial charge in [-0.2, -0.15) is 0 Å². The predicted octanol–water partition coefficient (Wildman–Crippen LogP) is -1.76. The molecule has 0 aromatic rings. The van der Waals surface area contributed by atoms with Crippen LogP contribution in [0.2, 0.25) is 0 Å². The highest BCUT2D eigenvalue weighted by molar-refractivity contribution is 5.69. The molecule has 0 spiro atoms. The van der Waals surface area contributed by atoms with Crippen molar-refractivity contribution in [1.82, 2.24) is 0 Å². The first-order valence-corrected chi connectivity index (χ1v) is 10.9. The summed E-state index contributed by atoms with van der Waals surface area (Å²) in [6.07, 6.45) is -6.92. The van der Waals surface area contributed by atoms with Crippen LogP contribution >= 0.6 is 0 Å².